The minimum absolute atomic E-state index is 0.0139. The Morgan fingerprint density at radius 3 is 2.69 bits per heavy atom. The standard InChI is InChI=1S/C22H17FN4O2/c23-15-6-2-1-5-14(15)18-13-19(25-29-18)22(9-10-22)20(28)27-12-11-26-17-8-4-3-7-16(17)24-21(26)27/h1-8,13H,9-12H2. The zero-order chi connectivity index (χ0) is 19.6. The number of imidazole rings is 1. The van der Waals surface area contributed by atoms with Crippen molar-refractivity contribution < 1.29 is 13.7 Å². The number of halogens is 1. The minimum atomic E-state index is -0.708. The van der Waals surface area contributed by atoms with Crippen LogP contribution in [-0.4, -0.2) is 27.2 Å². The molecule has 0 atom stereocenters. The predicted molar refractivity (Wildman–Crippen MR) is 105 cm³/mol. The molecule has 3 heterocycles. The van der Waals surface area contributed by atoms with Crippen LogP contribution in [0.2, 0.25) is 0 Å². The summed E-state index contributed by atoms with van der Waals surface area (Å²) in [7, 11) is 0. The first-order valence-corrected chi connectivity index (χ1v) is 9.67. The van der Waals surface area contributed by atoms with Crippen molar-refractivity contribution in [2.24, 2.45) is 0 Å². The van der Waals surface area contributed by atoms with E-state index < -0.39 is 5.41 Å². The molecule has 2 aromatic carbocycles. The second-order valence-corrected chi connectivity index (χ2v) is 7.65. The van der Waals surface area contributed by atoms with Gasteiger partial charge in [0.25, 0.3) is 0 Å². The minimum Gasteiger partial charge on any atom is -0.356 e. The molecule has 6 nitrogen and oxygen atoms in total. The third-order valence-electron chi connectivity index (χ3n) is 5.97. The summed E-state index contributed by atoms with van der Waals surface area (Å²) in [6, 6.07) is 16.0. The molecule has 1 saturated carbocycles. The fourth-order valence-electron chi connectivity index (χ4n) is 4.23. The molecule has 0 unspecified atom stereocenters. The Hall–Kier alpha value is -3.48. The first kappa shape index (κ1) is 16.5. The van der Waals surface area contributed by atoms with Gasteiger partial charge in [-0.1, -0.05) is 29.4 Å². The van der Waals surface area contributed by atoms with E-state index >= 15 is 0 Å². The van der Waals surface area contributed by atoms with Crippen molar-refractivity contribution in [1.82, 2.24) is 14.7 Å². The molecule has 7 heteroatoms. The van der Waals surface area contributed by atoms with E-state index in [9.17, 15) is 9.18 Å². The van der Waals surface area contributed by atoms with Gasteiger partial charge in [0.15, 0.2) is 5.76 Å². The Kier molecular flexibility index (Phi) is 3.27. The maximum Gasteiger partial charge on any atom is 0.241 e. The molecule has 1 fully saturated rings. The average molecular weight is 388 g/mol. The second-order valence-electron chi connectivity index (χ2n) is 7.65. The molecule has 1 aliphatic heterocycles. The third kappa shape index (κ3) is 2.30. The normalized spacial score (nSPS) is 16.9. The Morgan fingerprint density at radius 1 is 1.07 bits per heavy atom. The number of rotatable bonds is 3. The van der Waals surface area contributed by atoms with Crippen LogP contribution in [0.3, 0.4) is 0 Å². The van der Waals surface area contributed by atoms with E-state index in [1.807, 2.05) is 24.3 Å². The molecular formula is C22H17FN4O2. The predicted octanol–water partition coefficient (Wildman–Crippen LogP) is 3.91. The molecule has 2 aliphatic rings. The molecule has 0 spiro atoms. The summed E-state index contributed by atoms with van der Waals surface area (Å²) in [6.07, 6.45) is 1.40. The summed E-state index contributed by atoms with van der Waals surface area (Å²) in [5.74, 6) is 0.630. The van der Waals surface area contributed by atoms with Gasteiger partial charge in [0, 0.05) is 19.2 Å². The van der Waals surface area contributed by atoms with Crippen LogP contribution in [0.15, 0.2) is 59.1 Å². The number of amides is 1. The lowest BCUT2D eigenvalue weighted by atomic mass is 9.99. The van der Waals surface area contributed by atoms with Crippen molar-refractivity contribution in [1.29, 1.82) is 0 Å². The number of nitrogens with zero attached hydrogens (tertiary/aromatic N) is 4. The summed E-state index contributed by atoms with van der Waals surface area (Å²) >= 11 is 0. The molecular weight excluding hydrogens is 371 g/mol. The van der Waals surface area contributed by atoms with Crippen molar-refractivity contribution in [3.8, 4) is 11.3 Å². The van der Waals surface area contributed by atoms with E-state index in [1.165, 1.54) is 6.07 Å². The number of hydrogen-bond acceptors (Lipinski definition) is 4. The molecule has 0 N–H and O–H groups in total. The van der Waals surface area contributed by atoms with E-state index in [2.05, 4.69) is 14.7 Å². The molecule has 144 valence electrons. The highest BCUT2D eigenvalue weighted by molar-refractivity contribution is 6.03. The molecule has 29 heavy (non-hydrogen) atoms. The van der Waals surface area contributed by atoms with Crippen molar-refractivity contribution in [3.05, 3.63) is 66.1 Å². The fraction of sp³-hybridized carbons (Fsp3) is 0.227. The topological polar surface area (TPSA) is 64.2 Å². The van der Waals surface area contributed by atoms with E-state index in [0.29, 0.717) is 42.4 Å². The van der Waals surface area contributed by atoms with E-state index in [0.717, 1.165) is 17.6 Å². The number of para-hydroxylation sites is 2. The van der Waals surface area contributed by atoms with E-state index in [-0.39, 0.29) is 11.7 Å². The Bertz CT molecular complexity index is 1270. The van der Waals surface area contributed by atoms with Gasteiger partial charge in [0.2, 0.25) is 11.9 Å². The zero-order valence-electron chi connectivity index (χ0n) is 15.5. The highest BCUT2D eigenvalue weighted by atomic mass is 19.1. The highest BCUT2D eigenvalue weighted by Crippen LogP contribution is 2.50. The van der Waals surface area contributed by atoms with Gasteiger partial charge in [-0.05, 0) is 37.1 Å². The number of benzene rings is 2. The van der Waals surface area contributed by atoms with E-state index in [1.54, 1.807) is 29.2 Å². The van der Waals surface area contributed by atoms with Crippen LogP contribution >= 0.6 is 0 Å². The highest BCUT2D eigenvalue weighted by Gasteiger charge is 2.56. The van der Waals surface area contributed by atoms with Gasteiger partial charge in [-0.3, -0.25) is 9.69 Å². The van der Waals surface area contributed by atoms with Gasteiger partial charge in [-0.2, -0.15) is 0 Å². The molecule has 6 rings (SSSR count). The van der Waals surface area contributed by atoms with Crippen molar-refractivity contribution in [2.45, 2.75) is 24.8 Å². The number of hydrogen-bond donors (Lipinski definition) is 0. The Labute approximate surface area is 165 Å². The van der Waals surface area contributed by atoms with Crippen LogP contribution in [0.4, 0.5) is 10.3 Å². The number of carbonyl (C=O) groups excluding carboxylic acids is 1. The van der Waals surface area contributed by atoms with Crippen LogP contribution in [0, 0.1) is 5.82 Å². The Morgan fingerprint density at radius 2 is 1.86 bits per heavy atom. The van der Waals surface area contributed by atoms with Gasteiger partial charge in [-0.15, -0.1) is 0 Å². The lowest BCUT2D eigenvalue weighted by Crippen LogP contribution is -2.38. The van der Waals surface area contributed by atoms with Crippen molar-refractivity contribution >= 4 is 22.9 Å². The SMILES string of the molecule is O=C(N1CCn2c1nc1ccccc12)C1(c2cc(-c3ccccc3F)on2)CC1. The van der Waals surface area contributed by atoms with Crippen molar-refractivity contribution in [3.63, 3.8) is 0 Å². The summed E-state index contributed by atoms with van der Waals surface area (Å²) in [5.41, 5.74) is 2.12. The first-order valence-electron chi connectivity index (χ1n) is 9.67. The molecule has 1 aliphatic carbocycles. The largest absolute Gasteiger partial charge is 0.356 e. The number of fused-ring (bicyclic) bond motifs is 3. The number of carbonyl (C=O) groups is 1. The number of anilines is 1. The smallest absolute Gasteiger partial charge is 0.241 e. The van der Waals surface area contributed by atoms with Crippen LogP contribution in [0.5, 0.6) is 0 Å². The lowest BCUT2D eigenvalue weighted by molar-refractivity contribution is -0.121. The zero-order valence-corrected chi connectivity index (χ0v) is 15.5. The fourth-order valence-corrected chi connectivity index (χ4v) is 4.23. The average Bonchev–Trinajstić information content (AvgIpc) is 3.08. The van der Waals surface area contributed by atoms with Crippen LogP contribution in [-0.2, 0) is 16.8 Å². The molecule has 1 amide bonds. The van der Waals surface area contributed by atoms with Crippen LogP contribution in [0.1, 0.15) is 18.5 Å². The van der Waals surface area contributed by atoms with Crippen LogP contribution in [0.25, 0.3) is 22.4 Å². The lowest BCUT2D eigenvalue weighted by Gasteiger charge is -2.19. The van der Waals surface area contributed by atoms with Gasteiger partial charge < -0.3 is 9.09 Å². The van der Waals surface area contributed by atoms with E-state index in [4.69, 9.17) is 4.52 Å². The third-order valence-corrected chi connectivity index (χ3v) is 5.97. The van der Waals surface area contributed by atoms with Gasteiger partial charge in [0.1, 0.15) is 5.82 Å². The summed E-state index contributed by atoms with van der Waals surface area (Å²) in [5, 5.41) is 4.14. The number of aromatic nitrogens is 3. The Balaban J connectivity index is 1.35. The maximum atomic E-state index is 14.1. The molecule has 0 saturated heterocycles. The molecule has 4 aromatic rings. The van der Waals surface area contributed by atoms with Gasteiger partial charge >= 0.3 is 0 Å². The summed E-state index contributed by atoms with van der Waals surface area (Å²) in [6.45, 7) is 1.31. The summed E-state index contributed by atoms with van der Waals surface area (Å²) in [4.78, 5) is 19.9. The van der Waals surface area contributed by atoms with Crippen LogP contribution < -0.4 is 4.90 Å². The monoisotopic (exact) mass is 388 g/mol. The van der Waals surface area contributed by atoms with Gasteiger partial charge in [0.05, 0.1) is 27.7 Å². The quantitative estimate of drug-likeness (QED) is 0.534. The summed E-state index contributed by atoms with van der Waals surface area (Å²) < 4.78 is 21.6. The first-order chi connectivity index (χ1) is 14.2. The van der Waals surface area contributed by atoms with Crippen molar-refractivity contribution in [2.75, 3.05) is 11.4 Å². The maximum absolute atomic E-state index is 14.1. The molecule has 2 aromatic heterocycles. The molecule has 0 radical (unpaired) electrons. The van der Waals surface area contributed by atoms with Gasteiger partial charge in [-0.25, -0.2) is 9.37 Å². The second kappa shape index (κ2) is 5.76. The molecule has 0 bridgehead atoms.